The zero-order valence-electron chi connectivity index (χ0n) is 11.9. The van der Waals surface area contributed by atoms with E-state index in [9.17, 15) is 9.59 Å². The van der Waals surface area contributed by atoms with Crippen molar-refractivity contribution in [1.29, 1.82) is 0 Å². The molecule has 20 heavy (non-hydrogen) atoms. The fourth-order valence-corrected chi connectivity index (χ4v) is 3.83. The van der Waals surface area contributed by atoms with Crippen molar-refractivity contribution in [3.8, 4) is 0 Å². The quantitative estimate of drug-likeness (QED) is 0.826. The highest BCUT2D eigenvalue weighted by Crippen LogP contribution is 2.46. The highest BCUT2D eigenvalue weighted by Gasteiger charge is 2.59. The Morgan fingerprint density at radius 2 is 1.95 bits per heavy atom. The second kappa shape index (κ2) is 4.20. The van der Waals surface area contributed by atoms with Crippen LogP contribution in [0.15, 0.2) is 0 Å². The molecule has 4 rings (SSSR count). The zero-order chi connectivity index (χ0) is 13.9. The first-order valence-electron chi connectivity index (χ1n) is 7.84. The molecule has 4 aliphatic rings. The maximum Gasteiger partial charge on any atom is 0.249 e. The molecule has 3 unspecified atom stereocenters. The molecule has 2 saturated carbocycles. The summed E-state index contributed by atoms with van der Waals surface area (Å²) in [6, 6.07) is -0.154. The van der Waals surface area contributed by atoms with Gasteiger partial charge < -0.3 is 15.0 Å². The van der Waals surface area contributed by atoms with Crippen molar-refractivity contribution >= 4 is 11.8 Å². The summed E-state index contributed by atoms with van der Waals surface area (Å²) < 4.78 is 5.46. The van der Waals surface area contributed by atoms with E-state index in [2.05, 4.69) is 5.32 Å². The summed E-state index contributed by atoms with van der Waals surface area (Å²) in [6.07, 6.45) is 5.09. The van der Waals surface area contributed by atoms with Crippen LogP contribution in [0.1, 0.15) is 39.0 Å². The molecular formula is C15H22N2O3. The van der Waals surface area contributed by atoms with E-state index in [0.29, 0.717) is 25.0 Å². The molecule has 0 aromatic carbocycles. The van der Waals surface area contributed by atoms with Gasteiger partial charge in [-0.05, 0) is 50.9 Å². The molecule has 0 bridgehead atoms. The Labute approximate surface area is 119 Å². The van der Waals surface area contributed by atoms with Crippen LogP contribution in [-0.4, -0.2) is 47.6 Å². The van der Waals surface area contributed by atoms with E-state index in [-0.39, 0.29) is 23.9 Å². The van der Waals surface area contributed by atoms with E-state index in [4.69, 9.17) is 4.74 Å². The van der Waals surface area contributed by atoms with Crippen molar-refractivity contribution in [2.24, 2.45) is 11.8 Å². The van der Waals surface area contributed by atoms with Crippen molar-refractivity contribution < 1.29 is 14.3 Å². The SMILES string of the molecule is CC1(C2CC2)NC(=O)C(C2CC2)N(C2CCOC2)C1=O. The van der Waals surface area contributed by atoms with Gasteiger partial charge in [0, 0.05) is 6.61 Å². The smallest absolute Gasteiger partial charge is 0.249 e. The van der Waals surface area contributed by atoms with Crippen LogP contribution < -0.4 is 5.32 Å². The molecule has 4 fully saturated rings. The van der Waals surface area contributed by atoms with Crippen molar-refractivity contribution in [2.75, 3.05) is 13.2 Å². The second-order valence-corrected chi connectivity index (χ2v) is 6.98. The minimum absolute atomic E-state index is 0.0633. The van der Waals surface area contributed by atoms with Crippen LogP contribution in [0.5, 0.6) is 0 Å². The number of hydrogen-bond acceptors (Lipinski definition) is 3. The highest BCUT2D eigenvalue weighted by atomic mass is 16.5. The molecule has 2 saturated heterocycles. The van der Waals surface area contributed by atoms with Crippen LogP contribution in [0.3, 0.4) is 0 Å². The average molecular weight is 278 g/mol. The summed E-state index contributed by atoms with van der Waals surface area (Å²) in [6.45, 7) is 3.20. The number of nitrogens with zero attached hydrogens (tertiary/aromatic N) is 1. The molecule has 5 heteroatoms. The maximum atomic E-state index is 13.1. The van der Waals surface area contributed by atoms with Gasteiger partial charge in [-0.15, -0.1) is 0 Å². The Bertz CT molecular complexity index is 452. The molecule has 110 valence electrons. The van der Waals surface area contributed by atoms with Gasteiger partial charge in [0.25, 0.3) is 0 Å². The van der Waals surface area contributed by atoms with E-state index >= 15 is 0 Å². The number of nitrogens with one attached hydrogen (secondary N) is 1. The third kappa shape index (κ3) is 1.79. The minimum atomic E-state index is -0.676. The topological polar surface area (TPSA) is 58.6 Å². The Kier molecular flexibility index (Phi) is 2.65. The molecule has 0 aromatic heterocycles. The summed E-state index contributed by atoms with van der Waals surface area (Å²) in [5.41, 5.74) is -0.676. The average Bonchev–Trinajstić information content (AvgIpc) is 3.33. The third-order valence-electron chi connectivity index (χ3n) is 5.39. The number of hydrogen-bond donors (Lipinski definition) is 1. The minimum Gasteiger partial charge on any atom is -0.379 e. The first kappa shape index (κ1) is 12.6. The van der Waals surface area contributed by atoms with Crippen LogP contribution in [0.4, 0.5) is 0 Å². The summed E-state index contributed by atoms with van der Waals surface area (Å²) in [7, 11) is 0. The van der Waals surface area contributed by atoms with E-state index in [1.54, 1.807) is 0 Å². The van der Waals surface area contributed by atoms with Crippen molar-refractivity contribution in [1.82, 2.24) is 10.2 Å². The maximum absolute atomic E-state index is 13.1. The van der Waals surface area contributed by atoms with Crippen molar-refractivity contribution in [3.05, 3.63) is 0 Å². The zero-order valence-corrected chi connectivity index (χ0v) is 11.9. The van der Waals surface area contributed by atoms with Gasteiger partial charge in [-0.1, -0.05) is 0 Å². The van der Waals surface area contributed by atoms with E-state index in [1.165, 1.54) is 0 Å². The largest absolute Gasteiger partial charge is 0.379 e. The van der Waals surface area contributed by atoms with Gasteiger partial charge in [-0.3, -0.25) is 9.59 Å². The van der Waals surface area contributed by atoms with E-state index in [1.807, 2.05) is 11.8 Å². The Hall–Kier alpha value is -1.10. The van der Waals surface area contributed by atoms with Crippen LogP contribution in [0, 0.1) is 11.8 Å². The standard InChI is InChI=1S/C15H22N2O3/c1-15(10-4-5-10)14(19)17(11-6-7-20-8-11)12(9-2-3-9)13(18)16-15/h9-12H,2-8H2,1H3,(H,16,18). The molecule has 2 amide bonds. The number of carbonyl (C=O) groups is 2. The fraction of sp³-hybridized carbons (Fsp3) is 0.867. The molecule has 1 N–H and O–H groups in total. The summed E-state index contributed by atoms with van der Waals surface area (Å²) in [5, 5.41) is 3.06. The van der Waals surface area contributed by atoms with Crippen LogP contribution >= 0.6 is 0 Å². The number of amides is 2. The molecule has 2 aliphatic carbocycles. The molecule has 0 spiro atoms. The normalized spacial score (nSPS) is 42.0. The van der Waals surface area contributed by atoms with Crippen molar-refractivity contribution in [3.63, 3.8) is 0 Å². The molecule has 2 heterocycles. The lowest BCUT2D eigenvalue weighted by Crippen LogP contribution is -2.72. The number of piperazine rings is 1. The van der Waals surface area contributed by atoms with Crippen LogP contribution in [0.25, 0.3) is 0 Å². The summed E-state index contributed by atoms with van der Waals surface area (Å²) >= 11 is 0. The van der Waals surface area contributed by atoms with E-state index < -0.39 is 5.54 Å². The number of rotatable bonds is 3. The van der Waals surface area contributed by atoms with Gasteiger partial charge in [0.1, 0.15) is 11.6 Å². The third-order valence-corrected chi connectivity index (χ3v) is 5.39. The van der Waals surface area contributed by atoms with Gasteiger partial charge in [-0.2, -0.15) is 0 Å². The monoisotopic (exact) mass is 278 g/mol. The van der Waals surface area contributed by atoms with Crippen molar-refractivity contribution in [2.45, 2.75) is 56.7 Å². The first-order valence-corrected chi connectivity index (χ1v) is 7.84. The summed E-state index contributed by atoms with van der Waals surface area (Å²) in [5.74, 6) is 0.882. The molecule has 3 atom stereocenters. The lowest BCUT2D eigenvalue weighted by molar-refractivity contribution is -0.159. The Morgan fingerprint density at radius 3 is 2.50 bits per heavy atom. The Balaban J connectivity index is 1.68. The lowest BCUT2D eigenvalue weighted by Gasteiger charge is -2.47. The highest BCUT2D eigenvalue weighted by molar-refractivity contribution is 6.00. The van der Waals surface area contributed by atoms with Gasteiger partial charge in [0.2, 0.25) is 11.8 Å². The van der Waals surface area contributed by atoms with E-state index in [0.717, 1.165) is 32.1 Å². The van der Waals surface area contributed by atoms with Crippen LogP contribution in [-0.2, 0) is 14.3 Å². The van der Waals surface area contributed by atoms with Gasteiger partial charge in [-0.25, -0.2) is 0 Å². The first-order chi connectivity index (χ1) is 9.61. The predicted octanol–water partition coefficient (Wildman–Crippen LogP) is 0.681. The van der Waals surface area contributed by atoms with Gasteiger partial charge in [0.15, 0.2) is 0 Å². The Morgan fingerprint density at radius 1 is 1.20 bits per heavy atom. The van der Waals surface area contributed by atoms with Gasteiger partial charge in [0.05, 0.1) is 12.6 Å². The molecular weight excluding hydrogens is 256 g/mol. The lowest BCUT2D eigenvalue weighted by atomic mass is 9.87. The molecule has 0 aromatic rings. The van der Waals surface area contributed by atoms with Gasteiger partial charge >= 0.3 is 0 Å². The molecule has 2 aliphatic heterocycles. The second-order valence-electron chi connectivity index (χ2n) is 6.98. The predicted molar refractivity (Wildman–Crippen MR) is 71.9 cm³/mol. The summed E-state index contributed by atoms with van der Waals surface area (Å²) in [4.78, 5) is 27.6. The molecule has 5 nitrogen and oxygen atoms in total. The molecule has 0 radical (unpaired) electrons. The fourth-order valence-electron chi connectivity index (χ4n) is 3.83. The van der Waals surface area contributed by atoms with Crippen LogP contribution in [0.2, 0.25) is 0 Å². The number of ether oxygens (including phenoxy) is 1. The number of carbonyl (C=O) groups excluding carboxylic acids is 2.